The second-order valence-corrected chi connectivity index (χ2v) is 12.5. The Hall–Kier alpha value is -3.93. The van der Waals surface area contributed by atoms with Crippen molar-refractivity contribution in [2.45, 2.75) is 49.4 Å². The van der Waals surface area contributed by atoms with E-state index in [1.165, 1.54) is 24.2 Å². The molecule has 41 heavy (non-hydrogen) atoms. The van der Waals surface area contributed by atoms with Gasteiger partial charge < -0.3 is 9.30 Å². The quantitative estimate of drug-likeness (QED) is 0.259. The van der Waals surface area contributed by atoms with Gasteiger partial charge in [0.15, 0.2) is 9.84 Å². The molecule has 1 aromatic carbocycles. The minimum atomic E-state index is -3.86. The standard InChI is InChI=1S/C29H30F2N6O3S/c1-17-25(36(2)35-34-17)20-14-21-24(32-15-20)23-27(22(41(4,38)39)16-33-28(23)40-3)37(21)26(18-8-6-5-7-9-18)19-10-12-29(30,31)13-11-19/h5-9,14-16,19,26H,10-13H2,1-4H3/t26-/m1/s1/i1D3. The van der Waals surface area contributed by atoms with Crippen LogP contribution in [0, 0.1) is 12.8 Å². The third-order valence-corrected chi connectivity index (χ3v) is 9.01. The Morgan fingerprint density at radius 1 is 1.15 bits per heavy atom. The Balaban J connectivity index is 1.76. The van der Waals surface area contributed by atoms with Crippen LogP contribution in [-0.2, 0) is 16.9 Å². The van der Waals surface area contributed by atoms with E-state index in [9.17, 15) is 17.2 Å². The first-order valence-corrected chi connectivity index (χ1v) is 15.0. The molecule has 4 heterocycles. The van der Waals surface area contributed by atoms with E-state index in [4.69, 9.17) is 13.8 Å². The number of nitrogens with zero attached hydrogens (tertiary/aromatic N) is 6. The number of aryl methyl sites for hydroxylation is 2. The maximum Gasteiger partial charge on any atom is 0.248 e. The fraction of sp³-hybridized carbons (Fsp3) is 0.379. The van der Waals surface area contributed by atoms with Gasteiger partial charge in [0, 0.05) is 42.0 Å². The molecule has 0 amide bonds. The number of rotatable bonds is 6. The first-order chi connectivity index (χ1) is 20.7. The lowest BCUT2D eigenvalue weighted by Crippen LogP contribution is -2.30. The Morgan fingerprint density at radius 3 is 2.54 bits per heavy atom. The number of hydrogen-bond acceptors (Lipinski definition) is 7. The first-order valence-electron chi connectivity index (χ1n) is 14.6. The lowest BCUT2D eigenvalue weighted by Gasteiger charge is -2.36. The van der Waals surface area contributed by atoms with E-state index in [0.29, 0.717) is 22.0 Å². The molecule has 0 aliphatic heterocycles. The van der Waals surface area contributed by atoms with Gasteiger partial charge >= 0.3 is 0 Å². The van der Waals surface area contributed by atoms with Crippen LogP contribution in [-0.4, -0.2) is 57.2 Å². The van der Waals surface area contributed by atoms with Crippen LogP contribution < -0.4 is 4.74 Å². The summed E-state index contributed by atoms with van der Waals surface area (Å²) in [5, 5.41) is 8.17. The topological polar surface area (TPSA) is 105 Å². The van der Waals surface area contributed by atoms with Crippen LogP contribution in [0.1, 0.15) is 47.1 Å². The summed E-state index contributed by atoms with van der Waals surface area (Å²) in [6.45, 7) is -2.57. The molecule has 1 atom stereocenters. The number of methoxy groups -OCH3 is 1. The van der Waals surface area contributed by atoms with E-state index in [1.807, 2.05) is 34.9 Å². The van der Waals surface area contributed by atoms with Crippen molar-refractivity contribution in [3.8, 4) is 17.1 Å². The van der Waals surface area contributed by atoms with E-state index >= 15 is 0 Å². The van der Waals surface area contributed by atoms with Gasteiger partial charge in [0.2, 0.25) is 11.8 Å². The molecule has 0 N–H and O–H groups in total. The van der Waals surface area contributed by atoms with Gasteiger partial charge in [-0.15, -0.1) is 5.10 Å². The smallest absolute Gasteiger partial charge is 0.248 e. The molecule has 0 spiro atoms. The molecule has 12 heteroatoms. The fourth-order valence-electron chi connectivity index (χ4n) is 6.06. The molecule has 0 bridgehead atoms. The molecular weight excluding hydrogens is 550 g/mol. The van der Waals surface area contributed by atoms with Crippen LogP contribution in [0.25, 0.3) is 33.2 Å². The summed E-state index contributed by atoms with van der Waals surface area (Å²) in [7, 11) is -0.872. The lowest BCUT2D eigenvalue weighted by atomic mass is 9.79. The van der Waals surface area contributed by atoms with E-state index in [2.05, 4.69) is 15.3 Å². The molecule has 0 saturated heterocycles. The summed E-state index contributed by atoms with van der Waals surface area (Å²) in [6, 6.07) is 10.5. The normalized spacial score (nSPS) is 18.2. The fourth-order valence-corrected chi connectivity index (χ4v) is 6.85. The van der Waals surface area contributed by atoms with E-state index < -0.39 is 28.7 Å². The Labute approximate surface area is 240 Å². The van der Waals surface area contributed by atoms with Crippen LogP contribution in [0.5, 0.6) is 5.88 Å². The van der Waals surface area contributed by atoms with Crippen molar-refractivity contribution in [3.05, 3.63) is 60.0 Å². The monoisotopic (exact) mass is 583 g/mol. The summed E-state index contributed by atoms with van der Waals surface area (Å²) in [5.74, 6) is -2.93. The SMILES string of the molecule is [2H]C([2H])([2H])c1nnn(C)c1-c1cnc2c3c(OC)ncc(S(C)(=O)=O)c3n([C@H](c3ccccc3)C3CCC(F)(F)CC3)c2c1. The molecule has 1 aliphatic carbocycles. The Bertz CT molecular complexity index is 1980. The van der Waals surface area contributed by atoms with Gasteiger partial charge in [-0.3, -0.25) is 4.98 Å². The van der Waals surface area contributed by atoms with Gasteiger partial charge in [0.1, 0.15) is 10.4 Å². The van der Waals surface area contributed by atoms with Gasteiger partial charge in [-0.05, 0) is 37.2 Å². The second-order valence-electron chi connectivity index (χ2n) is 10.5. The van der Waals surface area contributed by atoms with Crippen molar-refractivity contribution in [1.29, 1.82) is 0 Å². The molecular formula is C29H30F2N6O3S. The maximum absolute atomic E-state index is 14.4. The molecule has 1 aliphatic rings. The van der Waals surface area contributed by atoms with Crippen LogP contribution in [0.3, 0.4) is 0 Å². The summed E-state index contributed by atoms with van der Waals surface area (Å²) in [6.07, 6.45) is 3.60. The van der Waals surface area contributed by atoms with Crippen molar-refractivity contribution in [2.75, 3.05) is 13.4 Å². The molecule has 0 unspecified atom stereocenters. The number of fused-ring (bicyclic) bond motifs is 3. The molecule has 0 radical (unpaired) electrons. The maximum atomic E-state index is 14.4. The zero-order valence-corrected chi connectivity index (χ0v) is 23.5. The van der Waals surface area contributed by atoms with Crippen molar-refractivity contribution >= 4 is 31.8 Å². The van der Waals surface area contributed by atoms with E-state index in [-0.39, 0.29) is 59.3 Å². The summed E-state index contributed by atoms with van der Waals surface area (Å²) in [5.41, 5.74) is 2.29. The average Bonchev–Trinajstić information content (AvgIpc) is 3.52. The predicted molar refractivity (Wildman–Crippen MR) is 151 cm³/mol. The number of aromatic nitrogens is 6. The van der Waals surface area contributed by atoms with E-state index in [1.54, 1.807) is 13.1 Å². The summed E-state index contributed by atoms with van der Waals surface area (Å²) < 4.78 is 88.1. The minimum absolute atomic E-state index is 0.0692. The van der Waals surface area contributed by atoms with E-state index in [0.717, 1.165) is 11.8 Å². The largest absolute Gasteiger partial charge is 0.480 e. The molecule has 4 aromatic heterocycles. The zero-order valence-electron chi connectivity index (χ0n) is 25.7. The third-order valence-electron chi connectivity index (χ3n) is 7.91. The molecule has 1 fully saturated rings. The number of ether oxygens (including phenoxy) is 1. The number of hydrogen-bond donors (Lipinski definition) is 0. The van der Waals surface area contributed by atoms with Crippen LogP contribution in [0.2, 0.25) is 0 Å². The zero-order chi connectivity index (χ0) is 31.6. The summed E-state index contributed by atoms with van der Waals surface area (Å²) >= 11 is 0. The van der Waals surface area contributed by atoms with Gasteiger partial charge in [-0.1, -0.05) is 35.5 Å². The molecule has 9 nitrogen and oxygen atoms in total. The third kappa shape index (κ3) is 4.63. The van der Waals surface area contributed by atoms with Crippen molar-refractivity contribution in [2.24, 2.45) is 13.0 Å². The van der Waals surface area contributed by atoms with Gasteiger partial charge in [0.05, 0.1) is 47.2 Å². The number of pyridine rings is 2. The first kappa shape index (κ1) is 23.7. The number of halogens is 2. The van der Waals surface area contributed by atoms with Crippen LogP contribution >= 0.6 is 0 Å². The summed E-state index contributed by atoms with van der Waals surface area (Å²) in [4.78, 5) is 8.95. The number of alkyl halides is 2. The number of benzene rings is 1. The molecule has 214 valence electrons. The highest BCUT2D eigenvalue weighted by Crippen LogP contribution is 2.48. The van der Waals surface area contributed by atoms with Gasteiger partial charge in [-0.2, -0.15) is 0 Å². The van der Waals surface area contributed by atoms with Crippen LogP contribution in [0.15, 0.2) is 53.7 Å². The highest BCUT2D eigenvalue weighted by molar-refractivity contribution is 7.91. The highest BCUT2D eigenvalue weighted by atomic mass is 32.2. The predicted octanol–water partition coefficient (Wildman–Crippen LogP) is 5.52. The average molecular weight is 584 g/mol. The Morgan fingerprint density at radius 2 is 1.88 bits per heavy atom. The highest BCUT2D eigenvalue weighted by Gasteiger charge is 2.40. The molecule has 6 rings (SSSR count). The van der Waals surface area contributed by atoms with Gasteiger partial charge in [0.25, 0.3) is 0 Å². The van der Waals surface area contributed by atoms with Crippen LogP contribution in [0.4, 0.5) is 8.78 Å². The second kappa shape index (κ2) is 9.86. The van der Waals surface area contributed by atoms with Gasteiger partial charge in [-0.25, -0.2) is 26.9 Å². The van der Waals surface area contributed by atoms with Crippen molar-refractivity contribution in [3.63, 3.8) is 0 Å². The molecule has 5 aromatic rings. The van der Waals surface area contributed by atoms with Crippen molar-refractivity contribution in [1.82, 2.24) is 29.5 Å². The number of sulfone groups is 1. The van der Waals surface area contributed by atoms with Crippen molar-refractivity contribution < 1.29 is 26.0 Å². The lowest BCUT2D eigenvalue weighted by molar-refractivity contribution is -0.0493. The Kier molecular flexibility index (Phi) is 5.71. The minimum Gasteiger partial charge on any atom is -0.480 e. The molecule has 1 saturated carbocycles.